The molecule has 1 heterocycles. The predicted molar refractivity (Wildman–Crippen MR) is 49.8 cm³/mol. The number of rotatable bonds is 6. The molecule has 0 amide bonds. The highest BCUT2D eigenvalue weighted by atomic mass is 16.5. The number of aromatic nitrogens is 2. The number of hydrogen-bond acceptors (Lipinski definition) is 6. The van der Waals surface area contributed by atoms with Crippen LogP contribution in [0.3, 0.4) is 0 Å². The Bertz CT molecular complexity index is 332. The maximum absolute atomic E-state index is 9.31. The van der Waals surface area contributed by atoms with Gasteiger partial charge >= 0.3 is 0 Å². The molecule has 0 saturated heterocycles. The summed E-state index contributed by atoms with van der Waals surface area (Å²) in [6.07, 6.45) is 0.114. The van der Waals surface area contributed by atoms with Crippen LogP contribution in [0.15, 0.2) is 4.52 Å². The van der Waals surface area contributed by atoms with Gasteiger partial charge in [-0.25, -0.2) is 0 Å². The maximum Gasteiger partial charge on any atom is 0.229 e. The zero-order chi connectivity index (χ0) is 11.1. The van der Waals surface area contributed by atoms with Crippen LogP contribution in [0.1, 0.15) is 18.1 Å². The Morgan fingerprint density at radius 2 is 2.47 bits per heavy atom. The van der Waals surface area contributed by atoms with E-state index in [-0.39, 0.29) is 12.8 Å². The van der Waals surface area contributed by atoms with Crippen molar-refractivity contribution in [2.75, 3.05) is 13.7 Å². The Hall–Kier alpha value is -1.45. The predicted octanol–water partition coefficient (Wildman–Crippen LogP) is 0.0756. The molecular formula is C9H13N3O3. The second-order valence-electron chi connectivity index (χ2n) is 3.07. The van der Waals surface area contributed by atoms with Gasteiger partial charge in [-0.3, -0.25) is 0 Å². The monoisotopic (exact) mass is 211 g/mol. The first-order valence-electron chi connectivity index (χ1n) is 4.61. The topological polar surface area (TPSA) is 92.2 Å². The molecule has 0 fully saturated rings. The Labute approximate surface area is 87.5 Å². The van der Waals surface area contributed by atoms with Gasteiger partial charge in [0.05, 0.1) is 31.6 Å². The van der Waals surface area contributed by atoms with Gasteiger partial charge in [-0.05, 0) is 0 Å². The summed E-state index contributed by atoms with van der Waals surface area (Å²) >= 11 is 0. The molecule has 0 saturated carbocycles. The Morgan fingerprint density at radius 1 is 1.67 bits per heavy atom. The van der Waals surface area contributed by atoms with E-state index in [0.717, 1.165) is 0 Å². The minimum absolute atomic E-state index is 0.0653. The van der Waals surface area contributed by atoms with Gasteiger partial charge < -0.3 is 14.4 Å². The molecule has 0 aromatic carbocycles. The quantitative estimate of drug-likeness (QED) is 0.716. The molecule has 1 aromatic rings. The van der Waals surface area contributed by atoms with E-state index < -0.39 is 6.10 Å². The largest absolute Gasteiger partial charge is 0.392 e. The van der Waals surface area contributed by atoms with Crippen LogP contribution in [0.4, 0.5) is 0 Å². The molecule has 0 aliphatic rings. The highest BCUT2D eigenvalue weighted by molar-refractivity contribution is 4.90. The third kappa shape index (κ3) is 4.06. The molecule has 6 nitrogen and oxygen atoms in total. The van der Waals surface area contributed by atoms with E-state index in [2.05, 4.69) is 10.1 Å². The zero-order valence-electron chi connectivity index (χ0n) is 8.51. The van der Waals surface area contributed by atoms with Crippen molar-refractivity contribution in [1.29, 1.82) is 5.26 Å². The average molecular weight is 211 g/mol. The van der Waals surface area contributed by atoms with Gasteiger partial charge in [0.15, 0.2) is 5.82 Å². The summed E-state index contributed by atoms with van der Waals surface area (Å²) in [5.74, 6) is 0.903. The van der Waals surface area contributed by atoms with Crippen LogP contribution in [-0.2, 0) is 17.6 Å². The third-order valence-electron chi connectivity index (χ3n) is 1.78. The van der Waals surface area contributed by atoms with Gasteiger partial charge in [-0.1, -0.05) is 5.16 Å². The van der Waals surface area contributed by atoms with Gasteiger partial charge in [0.25, 0.3) is 0 Å². The van der Waals surface area contributed by atoms with Crippen molar-refractivity contribution in [2.45, 2.75) is 25.4 Å². The van der Waals surface area contributed by atoms with Gasteiger partial charge in [0.2, 0.25) is 5.89 Å². The van der Waals surface area contributed by atoms with E-state index in [4.69, 9.17) is 14.5 Å². The SMILES string of the molecule is COCCc1noc(CC(O)CC#N)n1. The van der Waals surface area contributed by atoms with Gasteiger partial charge in [-0.2, -0.15) is 10.2 Å². The van der Waals surface area contributed by atoms with Gasteiger partial charge in [-0.15, -0.1) is 0 Å². The number of hydrogen-bond donors (Lipinski definition) is 1. The normalized spacial score (nSPS) is 12.3. The summed E-state index contributed by atoms with van der Waals surface area (Å²) in [4.78, 5) is 4.04. The molecule has 1 N–H and O–H groups in total. The Kier molecular flexibility index (Phi) is 4.74. The van der Waals surface area contributed by atoms with E-state index in [1.165, 1.54) is 0 Å². The van der Waals surface area contributed by atoms with Gasteiger partial charge in [0.1, 0.15) is 0 Å². The molecule has 0 aliphatic carbocycles. The lowest BCUT2D eigenvalue weighted by Crippen LogP contribution is -2.09. The summed E-state index contributed by atoms with van der Waals surface area (Å²) in [6.45, 7) is 0.528. The van der Waals surface area contributed by atoms with Crippen molar-refractivity contribution in [1.82, 2.24) is 10.1 Å². The van der Waals surface area contributed by atoms with Crippen LogP contribution in [-0.4, -0.2) is 35.1 Å². The number of nitrogens with zero attached hydrogens (tertiary/aromatic N) is 3. The molecule has 0 radical (unpaired) electrons. The zero-order valence-corrected chi connectivity index (χ0v) is 8.51. The highest BCUT2D eigenvalue weighted by Gasteiger charge is 2.11. The second kappa shape index (κ2) is 6.11. The van der Waals surface area contributed by atoms with E-state index >= 15 is 0 Å². The van der Waals surface area contributed by atoms with E-state index in [0.29, 0.717) is 24.7 Å². The summed E-state index contributed by atoms with van der Waals surface area (Å²) in [5.41, 5.74) is 0. The first-order valence-corrected chi connectivity index (χ1v) is 4.61. The van der Waals surface area contributed by atoms with Crippen LogP contribution in [0, 0.1) is 11.3 Å². The lowest BCUT2D eigenvalue weighted by atomic mass is 10.2. The van der Waals surface area contributed by atoms with Crippen molar-refractivity contribution < 1.29 is 14.4 Å². The maximum atomic E-state index is 9.31. The Morgan fingerprint density at radius 3 is 3.13 bits per heavy atom. The second-order valence-corrected chi connectivity index (χ2v) is 3.07. The fourth-order valence-electron chi connectivity index (χ4n) is 1.05. The van der Waals surface area contributed by atoms with Crippen LogP contribution in [0.25, 0.3) is 0 Å². The summed E-state index contributed by atoms with van der Waals surface area (Å²) in [7, 11) is 1.59. The molecule has 15 heavy (non-hydrogen) atoms. The molecule has 1 atom stereocenters. The van der Waals surface area contributed by atoms with Crippen LogP contribution in [0.2, 0.25) is 0 Å². The highest BCUT2D eigenvalue weighted by Crippen LogP contribution is 2.04. The Balaban J connectivity index is 2.42. The average Bonchev–Trinajstić information content (AvgIpc) is 2.63. The molecule has 1 aromatic heterocycles. The first kappa shape index (κ1) is 11.6. The summed E-state index contributed by atoms with van der Waals surface area (Å²) in [6, 6.07) is 1.87. The molecule has 6 heteroatoms. The smallest absolute Gasteiger partial charge is 0.229 e. The van der Waals surface area contributed by atoms with Crippen molar-refractivity contribution >= 4 is 0 Å². The van der Waals surface area contributed by atoms with Crippen molar-refractivity contribution in [3.8, 4) is 6.07 Å². The van der Waals surface area contributed by atoms with Crippen LogP contribution < -0.4 is 0 Å². The lowest BCUT2D eigenvalue weighted by Gasteiger charge is -1.99. The first-order chi connectivity index (χ1) is 7.26. The molecule has 1 rings (SSSR count). The molecule has 0 bridgehead atoms. The van der Waals surface area contributed by atoms with E-state index in [9.17, 15) is 5.11 Å². The minimum Gasteiger partial charge on any atom is -0.392 e. The summed E-state index contributed by atoms with van der Waals surface area (Å²) in [5, 5.41) is 21.4. The fourth-order valence-corrected chi connectivity index (χ4v) is 1.05. The van der Waals surface area contributed by atoms with Crippen molar-refractivity contribution in [3.05, 3.63) is 11.7 Å². The molecule has 82 valence electrons. The number of ether oxygens (including phenoxy) is 1. The lowest BCUT2D eigenvalue weighted by molar-refractivity contribution is 0.166. The summed E-state index contributed by atoms with van der Waals surface area (Å²) < 4.78 is 9.75. The fraction of sp³-hybridized carbons (Fsp3) is 0.667. The molecule has 0 aliphatic heterocycles. The van der Waals surface area contributed by atoms with Crippen LogP contribution in [0.5, 0.6) is 0 Å². The molecular weight excluding hydrogens is 198 g/mol. The van der Waals surface area contributed by atoms with E-state index in [1.54, 1.807) is 7.11 Å². The van der Waals surface area contributed by atoms with Gasteiger partial charge in [0, 0.05) is 13.5 Å². The number of nitriles is 1. The van der Waals surface area contributed by atoms with E-state index in [1.807, 2.05) is 6.07 Å². The molecule has 1 unspecified atom stereocenters. The van der Waals surface area contributed by atoms with Crippen LogP contribution >= 0.6 is 0 Å². The third-order valence-corrected chi connectivity index (χ3v) is 1.78. The van der Waals surface area contributed by atoms with Crippen molar-refractivity contribution in [2.24, 2.45) is 0 Å². The van der Waals surface area contributed by atoms with Crippen molar-refractivity contribution in [3.63, 3.8) is 0 Å². The minimum atomic E-state index is -0.745. The standard InChI is InChI=1S/C9H13N3O3/c1-14-5-3-8-11-9(15-12-8)6-7(13)2-4-10/h7,13H,2-3,5-6H2,1H3. The number of methoxy groups -OCH3 is 1. The molecule has 0 spiro atoms. The number of aliphatic hydroxyl groups is 1. The number of aliphatic hydroxyl groups excluding tert-OH is 1.